The van der Waals surface area contributed by atoms with Gasteiger partial charge in [0, 0.05) is 19.2 Å². The summed E-state index contributed by atoms with van der Waals surface area (Å²) in [5.74, 6) is 0.948. The van der Waals surface area contributed by atoms with Crippen molar-refractivity contribution in [1.29, 1.82) is 0 Å². The van der Waals surface area contributed by atoms with Gasteiger partial charge in [-0.25, -0.2) is 0 Å². The SMILES string of the molecule is CCN(CCCO)CC(=O)NC1CCC(C)CC1. The van der Waals surface area contributed by atoms with E-state index in [0.29, 0.717) is 12.6 Å². The van der Waals surface area contributed by atoms with E-state index in [1.165, 1.54) is 12.8 Å². The number of aliphatic hydroxyl groups is 1. The van der Waals surface area contributed by atoms with Crippen molar-refractivity contribution in [3.63, 3.8) is 0 Å². The van der Waals surface area contributed by atoms with Crippen LogP contribution in [-0.4, -0.2) is 48.2 Å². The van der Waals surface area contributed by atoms with Crippen LogP contribution in [0.1, 0.15) is 46.0 Å². The Bertz CT molecular complexity index is 229. The lowest BCUT2D eigenvalue weighted by Crippen LogP contribution is -2.43. The summed E-state index contributed by atoms with van der Waals surface area (Å²) in [4.78, 5) is 14.0. The largest absolute Gasteiger partial charge is 0.396 e. The lowest BCUT2D eigenvalue weighted by atomic mass is 9.87. The Balaban J connectivity index is 2.23. The molecular weight excluding hydrogens is 228 g/mol. The summed E-state index contributed by atoms with van der Waals surface area (Å²) < 4.78 is 0. The molecule has 18 heavy (non-hydrogen) atoms. The fourth-order valence-electron chi connectivity index (χ4n) is 2.52. The number of nitrogens with one attached hydrogen (secondary N) is 1. The molecule has 0 saturated heterocycles. The van der Waals surface area contributed by atoms with E-state index in [2.05, 4.69) is 17.1 Å². The topological polar surface area (TPSA) is 52.6 Å². The average Bonchev–Trinajstić information content (AvgIpc) is 2.37. The number of amides is 1. The second-order valence-electron chi connectivity index (χ2n) is 5.47. The summed E-state index contributed by atoms with van der Waals surface area (Å²) in [5, 5.41) is 11.9. The number of aliphatic hydroxyl groups excluding tert-OH is 1. The summed E-state index contributed by atoms with van der Waals surface area (Å²) in [5.41, 5.74) is 0. The number of likely N-dealkylation sites (N-methyl/N-ethyl adjacent to an activating group) is 1. The van der Waals surface area contributed by atoms with E-state index in [-0.39, 0.29) is 12.5 Å². The first-order valence-electron chi connectivity index (χ1n) is 7.28. The average molecular weight is 256 g/mol. The minimum absolute atomic E-state index is 0.134. The molecule has 1 aliphatic carbocycles. The van der Waals surface area contributed by atoms with Crippen LogP contribution in [0.3, 0.4) is 0 Å². The number of rotatable bonds is 7. The minimum Gasteiger partial charge on any atom is -0.396 e. The predicted molar refractivity (Wildman–Crippen MR) is 73.4 cm³/mol. The Morgan fingerprint density at radius 2 is 2.00 bits per heavy atom. The maximum absolute atomic E-state index is 11.9. The maximum Gasteiger partial charge on any atom is 0.234 e. The molecule has 0 spiro atoms. The second kappa shape index (κ2) is 8.48. The standard InChI is InChI=1S/C14H28N2O2/c1-3-16(9-4-10-17)11-14(18)15-13-7-5-12(2)6-8-13/h12-13,17H,3-11H2,1-2H3,(H,15,18). The Morgan fingerprint density at radius 1 is 1.33 bits per heavy atom. The zero-order valence-corrected chi connectivity index (χ0v) is 11.8. The molecule has 2 N–H and O–H groups in total. The fourth-order valence-corrected chi connectivity index (χ4v) is 2.52. The second-order valence-corrected chi connectivity index (χ2v) is 5.47. The molecule has 0 heterocycles. The van der Waals surface area contributed by atoms with Crippen molar-refractivity contribution in [3.8, 4) is 0 Å². The molecule has 4 heteroatoms. The molecule has 0 aromatic carbocycles. The van der Waals surface area contributed by atoms with Crippen LogP contribution in [0.25, 0.3) is 0 Å². The summed E-state index contributed by atoms with van der Waals surface area (Å²) >= 11 is 0. The van der Waals surface area contributed by atoms with Gasteiger partial charge in [0.2, 0.25) is 5.91 Å². The van der Waals surface area contributed by atoms with Crippen LogP contribution in [0.2, 0.25) is 0 Å². The van der Waals surface area contributed by atoms with E-state index in [0.717, 1.165) is 38.3 Å². The monoisotopic (exact) mass is 256 g/mol. The summed E-state index contributed by atoms with van der Waals surface area (Å²) in [6.45, 7) is 6.64. The number of nitrogens with zero attached hydrogens (tertiary/aromatic N) is 1. The molecular formula is C14H28N2O2. The van der Waals surface area contributed by atoms with Gasteiger partial charge in [-0.3, -0.25) is 9.69 Å². The van der Waals surface area contributed by atoms with Gasteiger partial charge in [0.05, 0.1) is 6.54 Å². The third-order valence-electron chi connectivity index (χ3n) is 3.83. The molecule has 0 bridgehead atoms. The van der Waals surface area contributed by atoms with Crippen LogP contribution in [0.5, 0.6) is 0 Å². The molecule has 1 fully saturated rings. The summed E-state index contributed by atoms with van der Waals surface area (Å²) in [6, 6.07) is 0.380. The lowest BCUT2D eigenvalue weighted by Gasteiger charge is -2.28. The first-order chi connectivity index (χ1) is 8.65. The molecule has 0 aliphatic heterocycles. The van der Waals surface area contributed by atoms with Crippen LogP contribution in [0.4, 0.5) is 0 Å². The number of hydrogen-bond acceptors (Lipinski definition) is 3. The maximum atomic E-state index is 11.9. The summed E-state index contributed by atoms with van der Waals surface area (Å²) in [6.07, 6.45) is 5.44. The predicted octanol–water partition coefficient (Wildman–Crippen LogP) is 1.39. The number of hydrogen-bond donors (Lipinski definition) is 2. The molecule has 0 unspecified atom stereocenters. The Kier molecular flexibility index (Phi) is 7.28. The van der Waals surface area contributed by atoms with E-state index in [1.54, 1.807) is 0 Å². The van der Waals surface area contributed by atoms with E-state index in [1.807, 2.05) is 6.92 Å². The first-order valence-corrected chi connectivity index (χ1v) is 7.28. The highest BCUT2D eigenvalue weighted by molar-refractivity contribution is 5.78. The Labute approximate surface area is 111 Å². The van der Waals surface area contributed by atoms with Gasteiger partial charge >= 0.3 is 0 Å². The quantitative estimate of drug-likeness (QED) is 0.723. The first kappa shape index (κ1) is 15.4. The number of carbonyl (C=O) groups excluding carboxylic acids is 1. The fraction of sp³-hybridized carbons (Fsp3) is 0.929. The van der Waals surface area contributed by atoms with Crippen molar-refractivity contribution in [3.05, 3.63) is 0 Å². The van der Waals surface area contributed by atoms with Crippen molar-refractivity contribution < 1.29 is 9.90 Å². The Hall–Kier alpha value is -0.610. The third kappa shape index (κ3) is 5.83. The normalized spacial score (nSPS) is 24.2. The molecule has 0 aromatic rings. The van der Waals surface area contributed by atoms with Crippen molar-refractivity contribution >= 4 is 5.91 Å². The molecule has 1 rings (SSSR count). The van der Waals surface area contributed by atoms with Crippen molar-refractivity contribution in [2.24, 2.45) is 5.92 Å². The highest BCUT2D eigenvalue weighted by atomic mass is 16.3. The zero-order chi connectivity index (χ0) is 13.4. The smallest absolute Gasteiger partial charge is 0.234 e. The van der Waals surface area contributed by atoms with Crippen LogP contribution in [0.15, 0.2) is 0 Å². The van der Waals surface area contributed by atoms with Gasteiger partial charge in [0.15, 0.2) is 0 Å². The van der Waals surface area contributed by atoms with E-state index < -0.39 is 0 Å². The highest BCUT2D eigenvalue weighted by Gasteiger charge is 2.20. The summed E-state index contributed by atoms with van der Waals surface area (Å²) in [7, 11) is 0. The van der Waals surface area contributed by atoms with Crippen LogP contribution >= 0.6 is 0 Å². The molecule has 1 amide bonds. The molecule has 1 aliphatic rings. The third-order valence-corrected chi connectivity index (χ3v) is 3.83. The van der Waals surface area contributed by atoms with Gasteiger partial charge in [-0.05, 0) is 44.6 Å². The molecule has 0 atom stereocenters. The van der Waals surface area contributed by atoms with Crippen molar-refractivity contribution in [2.75, 3.05) is 26.2 Å². The molecule has 4 nitrogen and oxygen atoms in total. The molecule has 0 aromatic heterocycles. The zero-order valence-electron chi connectivity index (χ0n) is 11.8. The highest BCUT2D eigenvalue weighted by Crippen LogP contribution is 2.23. The van der Waals surface area contributed by atoms with Crippen molar-refractivity contribution in [1.82, 2.24) is 10.2 Å². The minimum atomic E-state index is 0.134. The Morgan fingerprint density at radius 3 is 2.56 bits per heavy atom. The van der Waals surface area contributed by atoms with E-state index in [4.69, 9.17) is 5.11 Å². The van der Waals surface area contributed by atoms with Crippen molar-refractivity contribution in [2.45, 2.75) is 52.0 Å². The van der Waals surface area contributed by atoms with Crippen LogP contribution in [0, 0.1) is 5.92 Å². The van der Waals surface area contributed by atoms with Crippen LogP contribution < -0.4 is 5.32 Å². The van der Waals surface area contributed by atoms with Gasteiger partial charge in [0.25, 0.3) is 0 Å². The van der Waals surface area contributed by atoms with E-state index >= 15 is 0 Å². The van der Waals surface area contributed by atoms with Gasteiger partial charge in [-0.15, -0.1) is 0 Å². The molecule has 0 radical (unpaired) electrons. The van der Waals surface area contributed by atoms with Crippen LogP contribution in [-0.2, 0) is 4.79 Å². The van der Waals surface area contributed by atoms with Gasteiger partial charge in [0.1, 0.15) is 0 Å². The number of carbonyl (C=O) groups is 1. The van der Waals surface area contributed by atoms with Gasteiger partial charge in [-0.1, -0.05) is 13.8 Å². The van der Waals surface area contributed by atoms with Gasteiger partial charge < -0.3 is 10.4 Å². The van der Waals surface area contributed by atoms with E-state index in [9.17, 15) is 4.79 Å². The van der Waals surface area contributed by atoms with Gasteiger partial charge in [-0.2, -0.15) is 0 Å². The molecule has 106 valence electrons. The molecule has 1 saturated carbocycles. The lowest BCUT2D eigenvalue weighted by molar-refractivity contribution is -0.123.